The number of rotatable bonds is 5. The van der Waals surface area contributed by atoms with E-state index in [1.54, 1.807) is 17.9 Å². The van der Waals surface area contributed by atoms with E-state index in [1.165, 1.54) is 0 Å². The molecule has 3 rings (SSSR count). The number of methoxy groups -OCH3 is 1. The molecular weight excluding hydrogens is 300 g/mol. The summed E-state index contributed by atoms with van der Waals surface area (Å²) in [5.41, 5.74) is 4.54. The van der Waals surface area contributed by atoms with Crippen molar-refractivity contribution in [2.24, 2.45) is 7.05 Å². The summed E-state index contributed by atoms with van der Waals surface area (Å²) < 4.78 is 7.22. The van der Waals surface area contributed by atoms with Gasteiger partial charge in [-0.2, -0.15) is 5.10 Å². The molecule has 122 valence electrons. The summed E-state index contributed by atoms with van der Waals surface area (Å²) in [7, 11) is 3.51. The fourth-order valence-corrected chi connectivity index (χ4v) is 2.74. The van der Waals surface area contributed by atoms with Crippen LogP contribution in [0.4, 0.5) is 0 Å². The Hall–Kier alpha value is -3.01. The van der Waals surface area contributed by atoms with Gasteiger partial charge >= 0.3 is 0 Å². The Balaban J connectivity index is 2.13. The van der Waals surface area contributed by atoms with Gasteiger partial charge in [0.1, 0.15) is 11.5 Å². The van der Waals surface area contributed by atoms with E-state index in [2.05, 4.69) is 17.7 Å². The highest BCUT2D eigenvalue weighted by molar-refractivity contribution is 5.78. The van der Waals surface area contributed by atoms with Gasteiger partial charge in [0.2, 0.25) is 0 Å². The van der Waals surface area contributed by atoms with E-state index in [0.717, 1.165) is 34.6 Å². The highest BCUT2D eigenvalue weighted by Crippen LogP contribution is 2.36. The maximum atomic E-state index is 10.2. The monoisotopic (exact) mass is 320 g/mol. The number of phenolic OH excluding ortho intramolecular Hbond substituents is 1. The Labute approximate surface area is 141 Å². The second-order valence-corrected chi connectivity index (χ2v) is 5.63. The molecule has 2 aromatic carbocycles. The molecule has 0 spiro atoms. The summed E-state index contributed by atoms with van der Waals surface area (Å²) in [5.74, 6) is 0.999. The Morgan fingerprint density at radius 3 is 2.67 bits per heavy atom. The van der Waals surface area contributed by atoms with Gasteiger partial charge in [0.05, 0.1) is 12.8 Å². The second-order valence-electron chi connectivity index (χ2n) is 5.63. The molecule has 4 heteroatoms. The van der Waals surface area contributed by atoms with E-state index < -0.39 is 0 Å². The van der Waals surface area contributed by atoms with Crippen molar-refractivity contribution in [1.82, 2.24) is 9.78 Å². The molecule has 0 fully saturated rings. The zero-order chi connectivity index (χ0) is 17.1. The molecule has 1 N–H and O–H groups in total. The van der Waals surface area contributed by atoms with Gasteiger partial charge in [-0.15, -0.1) is 6.58 Å². The van der Waals surface area contributed by atoms with Crippen molar-refractivity contribution in [3.05, 3.63) is 66.9 Å². The SMILES string of the molecule is C=CCc1ccc(OC)c(-c2ccc(O)c(-c3ccn(C)n3)c2)c1. The lowest BCUT2D eigenvalue weighted by Gasteiger charge is -2.12. The Morgan fingerprint density at radius 2 is 2.00 bits per heavy atom. The number of hydrogen-bond acceptors (Lipinski definition) is 3. The summed E-state index contributed by atoms with van der Waals surface area (Å²) in [5, 5.41) is 14.6. The standard InChI is InChI=1S/C20H20N2O2/c1-4-5-14-6-9-20(24-3)16(12-14)15-7-8-19(23)17(13-15)18-10-11-22(2)21-18/h4,6-13,23H,1,5H2,2-3H3. The average Bonchev–Trinajstić information content (AvgIpc) is 3.02. The number of allylic oxidation sites excluding steroid dienone is 1. The number of phenols is 1. The van der Waals surface area contributed by atoms with Crippen LogP contribution in [-0.4, -0.2) is 22.0 Å². The third-order valence-corrected chi connectivity index (χ3v) is 3.94. The number of benzene rings is 2. The number of aromatic hydroxyl groups is 1. The molecule has 0 saturated heterocycles. The molecule has 1 aromatic heterocycles. The smallest absolute Gasteiger partial charge is 0.126 e. The minimum atomic E-state index is 0.207. The quantitative estimate of drug-likeness (QED) is 0.717. The number of ether oxygens (including phenoxy) is 1. The maximum Gasteiger partial charge on any atom is 0.126 e. The topological polar surface area (TPSA) is 47.3 Å². The minimum absolute atomic E-state index is 0.207. The minimum Gasteiger partial charge on any atom is -0.507 e. The van der Waals surface area contributed by atoms with Gasteiger partial charge in [-0.1, -0.05) is 18.2 Å². The van der Waals surface area contributed by atoms with Crippen molar-refractivity contribution in [1.29, 1.82) is 0 Å². The van der Waals surface area contributed by atoms with Gasteiger partial charge in [0.25, 0.3) is 0 Å². The zero-order valence-electron chi connectivity index (χ0n) is 13.9. The molecule has 0 atom stereocenters. The number of aromatic nitrogens is 2. The molecule has 0 aliphatic rings. The molecule has 0 radical (unpaired) electrons. The average molecular weight is 320 g/mol. The molecule has 0 saturated carbocycles. The third-order valence-electron chi connectivity index (χ3n) is 3.94. The number of hydrogen-bond donors (Lipinski definition) is 1. The van der Waals surface area contributed by atoms with E-state index in [0.29, 0.717) is 5.56 Å². The van der Waals surface area contributed by atoms with Crippen molar-refractivity contribution in [2.75, 3.05) is 7.11 Å². The predicted octanol–water partition coefficient (Wildman–Crippen LogP) is 4.20. The Bertz CT molecular complexity index is 881. The lowest BCUT2D eigenvalue weighted by molar-refractivity contribution is 0.416. The van der Waals surface area contributed by atoms with E-state index in [9.17, 15) is 5.11 Å². The first kappa shape index (κ1) is 15.9. The molecule has 24 heavy (non-hydrogen) atoms. The third kappa shape index (κ3) is 3.04. The molecular formula is C20H20N2O2. The van der Waals surface area contributed by atoms with Crippen molar-refractivity contribution >= 4 is 0 Å². The fourth-order valence-electron chi connectivity index (χ4n) is 2.74. The predicted molar refractivity (Wildman–Crippen MR) is 96.2 cm³/mol. The highest BCUT2D eigenvalue weighted by atomic mass is 16.5. The van der Waals surface area contributed by atoms with Crippen LogP contribution in [-0.2, 0) is 13.5 Å². The molecule has 3 aromatic rings. The van der Waals surface area contributed by atoms with Crippen LogP contribution < -0.4 is 4.74 Å². The van der Waals surface area contributed by atoms with Crippen LogP contribution in [0.1, 0.15) is 5.56 Å². The van der Waals surface area contributed by atoms with Gasteiger partial charge in [0.15, 0.2) is 0 Å². The van der Waals surface area contributed by atoms with E-state index in [4.69, 9.17) is 4.74 Å². The van der Waals surface area contributed by atoms with E-state index in [-0.39, 0.29) is 5.75 Å². The lowest BCUT2D eigenvalue weighted by Crippen LogP contribution is -1.92. The molecule has 0 bridgehead atoms. The van der Waals surface area contributed by atoms with Crippen LogP contribution >= 0.6 is 0 Å². The normalized spacial score (nSPS) is 10.6. The molecule has 1 heterocycles. The van der Waals surface area contributed by atoms with Crippen LogP contribution in [0.25, 0.3) is 22.4 Å². The van der Waals surface area contributed by atoms with Crippen LogP contribution in [0, 0.1) is 0 Å². The zero-order valence-corrected chi connectivity index (χ0v) is 13.9. The summed E-state index contributed by atoms with van der Waals surface area (Å²) >= 11 is 0. The van der Waals surface area contributed by atoms with Crippen molar-refractivity contribution in [3.63, 3.8) is 0 Å². The Morgan fingerprint density at radius 1 is 1.17 bits per heavy atom. The van der Waals surface area contributed by atoms with Crippen molar-refractivity contribution in [2.45, 2.75) is 6.42 Å². The van der Waals surface area contributed by atoms with Gasteiger partial charge < -0.3 is 9.84 Å². The first-order valence-corrected chi connectivity index (χ1v) is 7.73. The van der Waals surface area contributed by atoms with Crippen LogP contribution in [0.5, 0.6) is 11.5 Å². The van der Waals surface area contributed by atoms with Gasteiger partial charge in [-0.05, 0) is 47.9 Å². The molecule has 0 aliphatic carbocycles. The molecule has 4 nitrogen and oxygen atoms in total. The fraction of sp³-hybridized carbons (Fsp3) is 0.150. The molecule has 0 unspecified atom stereocenters. The van der Waals surface area contributed by atoms with Gasteiger partial charge in [-0.25, -0.2) is 0 Å². The van der Waals surface area contributed by atoms with Crippen LogP contribution in [0.2, 0.25) is 0 Å². The summed E-state index contributed by atoms with van der Waals surface area (Å²) in [6, 6.07) is 13.5. The number of nitrogens with zero attached hydrogens (tertiary/aromatic N) is 2. The van der Waals surface area contributed by atoms with E-state index in [1.807, 2.05) is 49.7 Å². The Kier molecular flexibility index (Phi) is 4.38. The lowest BCUT2D eigenvalue weighted by atomic mass is 9.97. The van der Waals surface area contributed by atoms with Crippen molar-refractivity contribution < 1.29 is 9.84 Å². The molecule has 0 aliphatic heterocycles. The first-order chi connectivity index (χ1) is 11.6. The van der Waals surface area contributed by atoms with Crippen LogP contribution in [0.15, 0.2) is 61.3 Å². The summed E-state index contributed by atoms with van der Waals surface area (Å²) in [6.45, 7) is 3.79. The van der Waals surface area contributed by atoms with Crippen molar-refractivity contribution in [3.8, 4) is 33.9 Å². The van der Waals surface area contributed by atoms with Gasteiger partial charge in [-0.3, -0.25) is 4.68 Å². The van der Waals surface area contributed by atoms with E-state index >= 15 is 0 Å². The highest BCUT2D eigenvalue weighted by Gasteiger charge is 2.12. The largest absolute Gasteiger partial charge is 0.507 e. The second kappa shape index (κ2) is 6.62. The summed E-state index contributed by atoms with van der Waals surface area (Å²) in [6.07, 6.45) is 4.52. The summed E-state index contributed by atoms with van der Waals surface area (Å²) in [4.78, 5) is 0. The van der Waals surface area contributed by atoms with Gasteiger partial charge in [0, 0.05) is 24.4 Å². The first-order valence-electron chi connectivity index (χ1n) is 7.73. The van der Waals surface area contributed by atoms with Crippen LogP contribution in [0.3, 0.4) is 0 Å². The number of aryl methyl sites for hydroxylation is 1. The molecule has 0 amide bonds. The maximum absolute atomic E-state index is 10.2.